The van der Waals surface area contributed by atoms with Gasteiger partial charge < -0.3 is 10.1 Å². The van der Waals surface area contributed by atoms with Gasteiger partial charge in [-0.3, -0.25) is 0 Å². The zero-order valence-electron chi connectivity index (χ0n) is 11.8. The van der Waals surface area contributed by atoms with E-state index in [1.807, 2.05) is 6.92 Å². The van der Waals surface area contributed by atoms with Gasteiger partial charge in [-0.25, -0.2) is 8.78 Å². The Kier molecular flexibility index (Phi) is 5.15. The largest absolute Gasteiger partial charge is 0.488 e. The highest BCUT2D eigenvalue weighted by Gasteiger charge is 2.12. The number of rotatable bonds is 5. The molecule has 0 aliphatic rings. The first kappa shape index (κ1) is 15.7. The smallest absolute Gasteiger partial charge is 0.129 e. The van der Waals surface area contributed by atoms with Crippen molar-refractivity contribution in [3.63, 3.8) is 0 Å². The van der Waals surface area contributed by atoms with Crippen LogP contribution in [0.1, 0.15) is 24.1 Å². The molecule has 0 radical (unpaired) electrons. The second kappa shape index (κ2) is 6.87. The van der Waals surface area contributed by atoms with Crippen LogP contribution in [0.2, 0.25) is 5.02 Å². The molecule has 2 aromatic carbocycles. The summed E-state index contributed by atoms with van der Waals surface area (Å²) in [7, 11) is 1.80. The average molecular weight is 312 g/mol. The van der Waals surface area contributed by atoms with Crippen LogP contribution in [0.15, 0.2) is 36.4 Å². The van der Waals surface area contributed by atoms with Crippen molar-refractivity contribution in [3.8, 4) is 5.75 Å². The molecule has 0 fully saturated rings. The SMILES string of the molecule is CNC(C)c1ccc(F)cc1OCc1cc(Cl)ccc1F. The minimum atomic E-state index is -0.404. The summed E-state index contributed by atoms with van der Waals surface area (Å²) in [5.74, 6) is -0.418. The Bertz CT molecular complexity index is 634. The van der Waals surface area contributed by atoms with Crippen molar-refractivity contribution in [2.75, 3.05) is 7.05 Å². The van der Waals surface area contributed by atoms with Crippen molar-refractivity contribution < 1.29 is 13.5 Å². The van der Waals surface area contributed by atoms with Crippen molar-refractivity contribution in [1.29, 1.82) is 0 Å². The van der Waals surface area contributed by atoms with Gasteiger partial charge in [-0.05, 0) is 38.2 Å². The van der Waals surface area contributed by atoms with E-state index in [0.29, 0.717) is 16.3 Å². The summed E-state index contributed by atoms with van der Waals surface area (Å²) in [5, 5.41) is 3.49. The topological polar surface area (TPSA) is 21.3 Å². The number of halogens is 3. The van der Waals surface area contributed by atoms with Gasteiger partial charge in [-0.1, -0.05) is 17.7 Å². The molecule has 112 valence electrons. The van der Waals surface area contributed by atoms with E-state index < -0.39 is 11.6 Å². The van der Waals surface area contributed by atoms with E-state index in [9.17, 15) is 8.78 Å². The van der Waals surface area contributed by atoms with Crippen LogP contribution in [0.25, 0.3) is 0 Å². The Morgan fingerprint density at radius 1 is 1.19 bits per heavy atom. The third-order valence-corrected chi connectivity index (χ3v) is 3.50. The van der Waals surface area contributed by atoms with Crippen molar-refractivity contribution in [2.24, 2.45) is 0 Å². The van der Waals surface area contributed by atoms with Crippen molar-refractivity contribution in [3.05, 3.63) is 64.2 Å². The summed E-state index contributed by atoms with van der Waals surface area (Å²) in [6.45, 7) is 1.92. The zero-order valence-corrected chi connectivity index (χ0v) is 12.5. The van der Waals surface area contributed by atoms with Crippen molar-refractivity contribution >= 4 is 11.6 Å². The highest BCUT2D eigenvalue weighted by atomic mass is 35.5. The summed E-state index contributed by atoms with van der Waals surface area (Å²) < 4.78 is 32.6. The summed E-state index contributed by atoms with van der Waals surface area (Å²) in [5.41, 5.74) is 1.14. The minimum absolute atomic E-state index is 0.00944. The predicted octanol–water partition coefficient (Wildman–Crippen LogP) is 4.48. The number of ether oxygens (including phenoxy) is 1. The van der Waals surface area contributed by atoms with Gasteiger partial charge in [0.25, 0.3) is 0 Å². The standard InChI is InChI=1S/C16H16ClF2NO/c1-10(20-2)14-5-4-13(18)8-16(14)21-9-11-7-12(17)3-6-15(11)19/h3-8,10,20H,9H2,1-2H3. The highest BCUT2D eigenvalue weighted by Crippen LogP contribution is 2.27. The molecule has 1 N–H and O–H groups in total. The summed E-state index contributed by atoms with van der Waals surface area (Å²) in [6, 6.07) is 8.56. The fraction of sp³-hybridized carbons (Fsp3) is 0.250. The van der Waals surface area contributed by atoms with Crippen LogP contribution in [0.3, 0.4) is 0 Å². The molecule has 1 atom stereocenters. The summed E-state index contributed by atoms with van der Waals surface area (Å²) in [4.78, 5) is 0. The van der Waals surface area contributed by atoms with E-state index in [1.54, 1.807) is 13.1 Å². The minimum Gasteiger partial charge on any atom is -0.488 e. The quantitative estimate of drug-likeness (QED) is 0.879. The van der Waals surface area contributed by atoms with E-state index in [0.717, 1.165) is 5.56 Å². The molecule has 0 spiro atoms. The molecule has 0 aliphatic heterocycles. The van der Waals surface area contributed by atoms with Gasteiger partial charge in [-0.15, -0.1) is 0 Å². The molecule has 0 heterocycles. The lowest BCUT2D eigenvalue weighted by Crippen LogP contribution is -2.14. The van der Waals surface area contributed by atoms with E-state index in [2.05, 4.69) is 5.32 Å². The van der Waals surface area contributed by atoms with E-state index in [-0.39, 0.29) is 12.6 Å². The zero-order chi connectivity index (χ0) is 15.4. The van der Waals surface area contributed by atoms with Crippen LogP contribution in [-0.2, 0) is 6.61 Å². The molecule has 1 unspecified atom stereocenters. The summed E-state index contributed by atoms with van der Waals surface area (Å²) in [6.07, 6.45) is 0. The molecule has 0 aliphatic carbocycles. The van der Waals surface area contributed by atoms with Gasteiger partial charge in [0, 0.05) is 28.3 Å². The molecule has 5 heteroatoms. The summed E-state index contributed by atoms with van der Waals surface area (Å²) >= 11 is 5.84. The Labute approximate surface area is 127 Å². The lowest BCUT2D eigenvalue weighted by Gasteiger charge is -2.17. The van der Waals surface area contributed by atoms with Crippen molar-refractivity contribution in [2.45, 2.75) is 19.6 Å². The lowest BCUT2D eigenvalue weighted by atomic mass is 10.1. The maximum atomic E-state index is 13.7. The molecule has 21 heavy (non-hydrogen) atoms. The Hall–Kier alpha value is -1.65. The highest BCUT2D eigenvalue weighted by molar-refractivity contribution is 6.30. The number of hydrogen-bond donors (Lipinski definition) is 1. The molecule has 0 aromatic heterocycles. The first-order chi connectivity index (χ1) is 10.0. The molecule has 2 aromatic rings. The maximum absolute atomic E-state index is 13.7. The van der Waals surface area contributed by atoms with E-state index in [1.165, 1.54) is 30.3 Å². The van der Waals surface area contributed by atoms with Gasteiger partial charge in [0.2, 0.25) is 0 Å². The number of benzene rings is 2. The molecule has 0 bridgehead atoms. The fourth-order valence-electron chi connectivity index (χ4n) is 1.96. The second-order valence-corrected chi connectivity index (χ2v) is 5.15. The predicted molar refractivity (Wildman–Crippen MR) is 79.6 cm³/mol. The third kappa shape index (κ3) is 3.93. The van der Waals surface area contributed by atoms with E-state index in [4.69, 9.17) is 16.3 Å². The van der Waals surface area contributed by atoms with Crippen LogP contribution in [-0.4, -0.2) is 7.05 Å². The normalized spacial score (nSPS) is 12.2. The Morgan fingerprint density at radius 3 is 2.67 bits per heavy atom. The fourth-order valence-corrected chi connectivity index (χ4v) is 2.15. The van der Waals surface area contributed by atoms with Crippen LogP contribution in [0, 0.1) is 11.6 Å². The van der Waals surface area contributed by atoms with Gasteiger partial charge in [-0.2, -0.15) is 0 Å². The van der Waals surface area contributed by atoms with Crippen LogP contribution < -0.4 is 10.1 Å². The molecular formula is C16H16ClF2NO. The molecule has 0 saturated carbocycles. The second-order valence-electron chi connectivity index (χ2n) is 4.72. The lowest BCUT2D eigenvalue weighted by molar-refractivity contribution is 0.292. The molecule has 0 amide bonds. The first-order valence-corrected chi connectivity index (χ1v) is 6.92. The monoisotopic (exact) mass is 311 g/mol. The maximum Gasteiger partial charge on any atom is 0.129 e. The Balaban J connectivity index is 2.23. The van der Waals surface area contributed by atoms with Crippen LogP contribution in [0.4, 0.5) is 8.78 Å². The van der Waals surface area contributed by atoms with E-state index >= 15 is 0 Å². The van der Waals surface area contributed by atoms with Crippen LogP contribution in [0.5, 0.6) is 5.75 Å². The number of nitrogens with one attached hydrogen (secondary N) is 1. The molecule has 2 nitrogen and oxygen atoms in total. The van der Waals surface area contributed by atoms with Gasteiger partial charge in [0.15, 0.2) is 0 Å². The average Bonchev–Trinajstić information content (AvgIpc) is 2.47. The van der Waals surface area contributed by atoms with Gasteiger partial charge in [0.1, 0.15) is 24.0 Å². The van der Waals surface area contributed by atoms with Crippen molar-refractivity contribution in [1.82, 2.24) is 5.32 Å². The third-order valence-electron chi connectivity index (χ3n) is 3.27. The Morgan fingerprint density at radius 2 is 1.95 bits per heavy atom. The number of hydrogen-bond acceptors (Lipinski definition) is 2. The van der Waals surface area contributed by atoms with Crippen LogP contribution >= 0.6 is 11.6 Å². The molecule has 2 rings (SSSR count). The first-order valence-electron chi connectivity index (χ1n) is 6.54. The van der Waals surface area contributed by atoms with Gasteiger partial charge >= 0.3 is 0 Å². The molecular weight excluding hydrogens is 296 g/mol. The molecule has 0 saturated heterocycles. The van der Waals surface area contributed by atoms with Gasteiger partial charge in [0.05, 0.1) is 0 Å².